The standard InChI is InChI=1S/C20H19NS/c1-11-6-5-8-14-17-12(2)10-16-18(20(17)22-19(11)14)13-7-3-4-9-15(13)21-16/h3-5,7-9,11-12,21H,6,10H2,1-2H3. The van der Waals surface area contributed by atoms with Crippen molar-refractivity contribution in [1.29, 1.82) is 0 Å². The Kier molecular flexibility index (Phi) is 2.52. The summed E-state index contributed by atoms with van der Waals surface area (Å²) < 4.78 is 0. The average Bonchev–Trinajstić information content (AvgIpc) is 3.06. The van der Waals surface area contributed by atoms with Gasteiger partial charge in [-0.2, -0.15) is 0 Å². The van der Waals surface area contributed by atoms with Gasteiger partial charge in [0.05, 0.1) is 0 Å². The summed E-state index contributed by atoms with van der Waals surface area (Å²) in [7, 11) is 0. The van der Waals surface area contributed by atoms with Gasteiger partial charge in [0.15, 0.2) is 0 Å². The van der Waals surface area contributed by atoms with E-state index in [1.807, 2.05) is 11.3 Å². The molecule has 0 aliphatic heterocycles. The molecule has 5 rings (SSSR count). The van der Waals surface area contributed by atoms with E-state index < -0.39 is 0 Å². The van der Waals surface area contributed by atoms with E-state index in [0.717, 1.165) is 6.42 Å². The van der Waals surface area contributed by atoms with Crippen LogP contribution in [0.4, 0.5) is 0 Å². The Balaban J connectivity index is 1.88. The van der Waals surface area contributed by atoms with Crippen molar-refractivity contribution in [1.82, 2.24) is 4.98 Å². The molecule has 2 heterocycles. The summed E-state index contributed by atoms with van der Waals surface area (Å²) in [6.07, 6.45) is 7.04. The van der Waals surface area contributed by atoms with E-state index in [4.69, 9.17) is 0 Å². The first kappa shape index (κ1) is 12.7. The number of hydrogen-bond donors (Lipinski definition) is 1. The molecule has 1 N–H and O–H groups in total. The van der Waals surface area contributed by atoms with Gasteiger partial charge >= 0.3 is 0 Å². The minimum Gasteiger partial charge on any atom is -0.358 e. The third-order valence-electron chi connectivity index (χ3n) is 5.25. The lowest BCUT2D eigenvalue weighted by atomic mass is 9.82. The predicted octanol–water partition coefficient (Wildman–Crippen LogP) is 6.08. The highest BCUT2D eigenvalue weighted by atomic mass is 32.1. The fraction of sp³-hybridized carbons (Fsp3) is 0.300. The van der Waals surface area contributed by atoms with Gasteiger partial charge in [-0.05, 0) is 41.9 Å². The van der Waals surface area contributed by atoms with E-state index in [-0.39, 0.29) is 0 Å². The van der Waals surface area contributed by atoms with Crippen molar-refractivity contribution in [3.63, 3.8) is 0 Å². The monoisotopic (exact) mass is 305 g/mol. The van der Waals surface area contributed by atoms with Gasteiger partial charge in [0.1, 0.15) is 0 Å². The van der Waals surface area contributed by atoms with Crippen LogP contribution in [0.2, 0.25) is 0 Å². The summed E-state index contributed by atoms with van der Waals surface area (Å²) in [6, 6.07) is 8.75. The molecule has 2 unspecified atom stereocenters. The molecular formula is C20H19NS. The zero-order valence-corrected chi connectivity index (χ0v) is 13.8. The molecule has 110 valence electrons. The highest BCUT2D eigenvalue weighted by molar-refractivity contribution is 7.16. The second-order valence-electron chi connectivity index (χ2n) is 6.79. The molecule has 0 bridgehead atoms. The number of rotatable bonds is 0. The maximum atomic E-state index is 3.67. The van der Waals surface area contributed by atoms with E-state index in [1.165, 1.54) is 39.0 Å². The highest BCUT2D eigenvalue weighted by Crippen LogP contribution is 2.52. The van der Waals surface area contributed by atoms with Crippen molar-refractivity contribution < 1.29 is 0 Å². The Morgan fingerprint density at radius 1 is 1.14 bits per heavy atom. The molecule has 22 heavy (non-hydrogen) atoms. The lowest BCUT2D eigenvalue weighted by molar-refractivity contribution is 0.731. The molecule has 2 aliphatic rings. The molecule has 3 aromatic rings. The third-order valence-corrected chi connectivity index (χ3v) is 6.72. The summed E-state index contributed by atoms with van der Waals surface area (Å²) in [5, 5.41) is 1.39. The zero-order valence-electron chi connectivity index (χ0n) is 12.9. The minimum atomic E-state index is 0.602. The fourth-order valence-corrected chi connectivity index (χ4v) is 5.76. The van der Waals surface area contributed by atoms with Crippen LogP contribution in [0.5, 0.6) is 0 Å². The molecule has 0 amide bonds. The normalized spacial score (nSPS) is 22.5. The Morgan fingerprint density at radius 2 is 2.00 bits per heavy atom. The molecule has 0 saturated heterocycles. The zero-order chi connectivity index (χ0) is 14.8. The maximum absolute atomic E-state index is 3.67. The van der Waals surface area contributed by atoms with Crippen molar-refractivity contribution in [2.45, 2.75) is 38.5 Å². The van der Waals surface area contributed by atoms with Crippen LogP contribution >= 0.6 is 11.3 Å². The Labute approximate surface area is 134 Å². The van der Waals surface area contributed by atoms with Crippen molar-refractivity contribution in [3.05, 3.63) is 52.0 Å². The average molecular weight is 305 g/mol. The lowest BCUT2D eigenvalue weighted by Gasteiger charge is -2.21. The predicted molar refractivity (Wildman–Crippen MR) is 95.8 cm³/mol. The summed E-state index contributed by atoms with van der Waals surface area (Å²) in [6.45, 7) is 4.75. The molecule has 0 saturated carbocycles. The molecule has 1 nitrogen and oxygen atoms in total. The van der Waals surface area contributed by atoms with Crippen LogP contribution in [0.1, 0.15) is 53.8 Å². The number of hydrogen-bond acceptors (Lipinski definition) is 1. The van der Waals surface area contributed by atoms with Crippen LogP contribution in [0.3, 0.4) is 0 Å². The number of allylic oxidation sites excluding steroid dienone is 1. The van der Waals surface area contributed by atoms with Crippen molar-refractivity contribution >= 4 is 28.3 Å². The topological polar surface area (TPSA) is 15.8 Å². The second-order valence-corrected chi connectivity index (χ2v) is 7.84. The number of nitrogens with one attached hydrogen (secondary N) is 1. The molecule has 2 aromatic heterocycles. The van der Waals surface area contributed by atoms with Crippen molar-refractivity contribution in [2.75, 3.05) is 0 Å². The molecule has 2 aliphatic carbocycles. The van der Waals surface area contributed by atoms with E-state index in [9.17, 15) is 0 Å². The van der Waals surface area contributed by atoms with Gasteiger partial charge < -0.3 is 4.98 Å². The molecule has 2 heteroatoms. The highest BCUT2D eigenvalue weighted by Gasteiger charge is 2.32. The fourth-order valence-electron chi connectivity index (χ4n) is 4.20. The molecule has 0 spiro atoms. The number of fused-ring (bicyclic) bond motifs is 7. The van der Waals surface area contributed by atoms with E-state index in [2.05, 4.69) is 55.2 Å². The number of benzene rings is 1. The summed E-state index contributed by atoms with van der Waals surface area (Å²) >= 11 is 2.04. The molecule has 0 fully saturated rings. The van der Waals surface area contributed by atoms with E-state index in [1.54, 1.807) is 10.4 Å². The number of aromatic nitrogens is 1. The van der Waals surface area contributed by atoms with Crippen LogP contribution in [-0.4, -0.2) is 4.98 Å². The number of aromatic amines is 1. The Hall–Kier alpha value is -1.80. The van der Waals surface area contributed by atoms with Gasteiger partial charge in [0, 0.05) is 31.9 Å². The first-order valence-corrected chi connectivity index (χ1v) is 8.98. The van der Waals surface area contributed by atoms with Crippen molar-refractivity contribution in [2.24, 2.45) is 0 Å². The van der Waals surface area contributed by atoms with Gasteiger partial charge in [0.2, 0.25) is 0 Å². The first-order valence-electron chi connectivity index (χ1n) is 8.17. The van der Waals surface area contributed by atoms with Gasteiger partial charge in [0.25, 0.3) is 0 Å². The summed E-state index contributed by atoms with van der Waals surface area (Å²) in [5.74, 6) is 1.27. The molecule has 1 aromatic carbocycles. The van der Waals surface area contributed by atoms with Gasteiger partial charge in [-0.3, -0.25) is 0 Å². The van der Waals surface area contributed by atoms with Crippen LogP contribution in [-0.2, 0) is 6.42 Å². The van der Waals surface area contributed by atoms with E-state index >= 15 is 0 Å². The van der Waals surface area contributed by atoms with Gasteiger partial charge in [-0.25, -0.2) is 0 Å². The SMILES string of the molecule is CC1CC=Cc2c1sc1c2C(C)Cc2[nH]c3ccccc3c2-1. The van der Waals surface area contributed by atoms with E-state index in [0.29, 0.717) is 11.8 Å². The van der Waals surface area contributed by atoms with Crippen LogP contribution in [0.25, 0.3) is 27.4 Å². The van der Waals surface area contributed by atoms with Gasteiger partial charge in [-0.15, -0.1) is 11.3 Å². The summed E-state index contributed by atoms with van der Waals surface area (Å²) in [4.78, 5) is 6.79. The van der Waals surface area contributed by atoms with Crippen LogP contribution in [0.15, 0.2) is 30.3 Å². The van der Waals surface area contributed by atoms with Gasteiger partial charge in [-0.1, -0.05) is 44.2 Å². The van der Waals surface area contributed by atoms with Crippen LogP contribution in [0, 0.1) is 0 Å². The molecule has 0 radical (unpaired) electrons. The molecular weight excluding hydrogens is 286 g/mol. The number of para-hydroxylation sites is 1. The first-order chi connectivity index (χ1) is 10.7. The number of H-pyrrole nitrogens is 1. The number of thiophene rings is 1. The maximum Gasteiger partial charge on any atom is 0.0462 e. The largest absolute Gasteiger partial charge is 0.358 e. The third kappa shape index (κ3) is 1.54. The minimum absolute atomic E-state index is 0.602. The summed E-state index contributed by atoms with van der Waals surface area (Å²) in [5.41, 5.74) is 7.31. The Morgan fingerprint density at radius 3 is 2.91 bits per heavy atom. The van der Waals surface area contributed by atoms with Crippen molar-refractivity contribution in [3.8, 4) is 10.4 Å². The Bertz CT molecular complexity index is 925. The smallest absolute Gasteiger partial charge is 0.0462 e. The second kappa shape index (κ2) is 4.36. The quantitative estimate of drug-likeness (QED) is 0.518. The van der Waals surface area contributed by atoms with Crippen LogP contribution < -0.4 is 0 Å². The lowest BCUT2D eigenvalue weighted by Crippen LogP contribution is -2.08. The molecule has 2 atom stereocenters.